The summed E-state index contributed by atoms with van der Waals surface area (Å²) in [4.78, 5) is 12.7. The first-order valence-electron chi connectivity index (χ1n) is 10.8. The van der Waals surface area contributed by atoms with Gasteiger partial charge in [-0.3, -0.25) is 4.79 Å². The number of rotatable bonds is 10. The van der Waals surface area contributed by atoms with Gasteiger partial charge in [0.2, 0.25) is 0 Å². The monoisotopic (exact) mass is 568 g/mol. The van der Waals surface area contributed by atoms with Gasteiger partial charge in [-0.1, -0.05) is 36.4 Å². The third kappa shape index (κ3) is 6.99. The zero-order valence-corrected chi connectivity index (χ0v) is 21.2. The Morgan fingerprint density at radius 2 is 1.76 bits per heavy atom. The van der Waals surface area contributed by atoms with E-state index in [1.807, 2.05) is 56.3 Å². The van der Waals surface area contributed by atoms with E-state index in [0.717, 1.165) is 9.13 Å². The van der Waals surface area contributed by atoms with E-state index in [2.05, 4.69) is 27.9 Å². The highest BCUT2D eigenvalue weighted by atomic mass is 127. The van der Waals surface area contributed by atoms with Crippen LogP contribution in [0.1, 0.15) is 25.0 Å². The molecular weight excluding hydrogens is 543 g/mol. The summed E-state index contributed by atoms with van der Waals surface area (Å²) < 4.78 is 18.1. The molecule has 0 saturated heterocycles. The summed E-state index contributed by atoms with van der Waals surface area (Å²) in [5, 5.41) is 12.4. The number of halogens is 1. The molecule has 0 spiro atoms. The van der Waals surface area contributed by atoms with Crippen LogP contribution >= 0.6 is 22.6 Å². The molecule has 0 bridgehead atoms. The first-order chi connectivity index (χ1) is 16.5. The Morgan fingerprint density at radius 1 is 1.00 bits per heavy atom. The molecule has 174 valence electrons. The average Bonchev–Trinajstić information content (AvgIpc) is 2.83. The number of hydrogen-bond donors (Lipinski definition) is 1. The van der Waals surface area contributed by atoms with Crippen LogP contribution < -0.4 is 19.5 Å². The summed E-state index contributed by atoms with van der Waals surface area (Å²) in [6.45, 7) is 5.15. The minimum absolute atomic E-state index is 0.0296. The lowest BCUT2D eigenvalue weighted by Gasteiger charge is -2.15. The van der Waals surface area contributed by atoms with Crippen molar-refractivity contribution in [2.75, 3.05) is 18.5 Å². The minimum Gasteiger partial charge on any atom is -0.494 e. The summed E-state index contributed by atoms with van der Waals surface area (Å²) >= 11 is 2.17. The zero-order valence-electron chi connectivity index (χ0n) is 19.0. The van der Waals surface area contributed by atoms with Gasteiger partial charge in [-0.05, 0) is 77.9 Å². The number of benzene rings is 3. The van der Waals surface area contributed by atoms with Crippen LogP contribution in [0.4, 0.5) is 5.69 Å². The minimum atomic E-state index is -0.506. The zero-order chi connectivity index (χ0) is 24.3. The maximum atomic E-state index is 12.7. The van der Waals surface area contributed by atoms with Gasteiger partial charge in [0, 0.05) is 11.8 Å². The van der Waals surface area contributed by atoms with Crippen molar-refractivity contribution < 1.29 is 19.0 Å². The maximum absolute atomic E-state index is 12.7. The summed E-state index contributed by atoms with van der Waals surface area (Å²) in [5.74, 6) is 1.32. The molecule has 0 aromatic heterocycles. The predicted molar refractivity (Wildman–Crippen MR) is 141 cm³/mol. The second kappa shape index (κ2) is 12.7. The first-order valence-corrected chi connectivity index (χ1v) is 11.9. The Kier molecular flexibility index (Phi) is 9.35. The Labute approximate surface area is 213 Å². The van der Waals surface area contributed by atoms with Gasteiger partial charge in [-0.15, -0.1) is 0 Å². The predicted octanol–water partition coefficient (Wildman–Crippen LogP) is 6.21. The molecule has 0 radical (unpaired) electrons. The molecule has 34 heavy (non-hydrogen) atoms. The van der Waals surface area contributed by atoms with Gasteiger partial charge >= 0.3 is 0 Å². The largest absolute Gasteiger partial charge is 0.494 e. The molecule has 0 heterocycles. The highest BCUT2D eigenvalue weighted by Crippen LogP contribution is 2.35. The van der Waals surface area contributed by atoms with Gasteiger partial charge < -0.3 is 19.5 Å². The van der Waals surface area contributed by atoms with Crippen molar-refractivity contribution in [3.63, 3.8) is 0 Å². The fourth-order valence-corrected chi connectivity index (χ4v) is 3.93. The van der Waals surface area contributed by atoms with Crippen molar-refractivity contribution >= 4 is 40.3 Å². The molecule has 7 heteroatoms. The Morgan fingerprint density at radius 3 is 2.47 bits per heavy atom. The number of ether oxygens (including phenoxy) is 3. The average molecular weight is 568 g/mol. The third-order valence-electron chi connectivity index (χ3n) is 4.64. The van der Waals surface area contributed by atoms with E-state index in [-0.39, 0.29) is 5.57 Å². The van der Waals surface area contributed by atoms with Crippen molar-refractivity contribution in [2.24, 2.45) is 0 Å². The molecule has 1 amide bonds. The van der Waals surface area contributed by atoms with Crippen LogP contribution in [0, 0.1) is 14.9 Å². The van der Waals surface area contributed by atoms with Gasteiger partial charge in [0.25, 0.3) is 5.91 Å². The van der Waals surface area contributed by atoms with Crippen molar-refractivity contribution in [3.05, 3.63) is 87.0 Å². The second-order valence-corrected chi connectivity index (χ2v) is 8.28. The molecule has 1 N–H and O–H groups in total. The van der Waals surface area contributed by atoms with Crippen LogP contribution in [-0.2, 0) is 11.4 Å². The lowest BCUT2D eigenvalue weighted by molar-refractivity contribution is -0.112. The topological polar surface area (TPSA) is 80.6 Å². The molecule has 6 nitrogen and oxygen atoms in total. The lowest BCUT2D eigenvalue weighted by atomic mass is 10.1. The molecular formula is C27H25IN2O4. The summed E-state index contributed by atoms with van der Waals surface area (Å²) in [6, 6.07) is 22.5. The van der Waals surface area contributed by atoms with Crippen molar-refractivity contribution in [3.8, 4) is 23.3 Å². The van der Waals surface area contributed by atoms with Crippen LogP contribution in [-0.4, -0.2) is 19.1 Å². The number of nitrogens with zero attached hydrogens (tertiary/aromatic N) is 1. The van der Waals surface area contributed by atoms with Gasteiger partial charge in [0.05, 0.1) is 16.8 Å². The van der Waals surface area contributed by atoms with Crippen LogP contribution in [0.5, 0.6) is 17.2 Å². The first kappa shape index (κ1) is 25.1. The van der Waals surface area contributed by atoms with Crippen LogP contribution in [0.3, 0.4) is 0 Å². The molecule has 0 atom stereocenters. The van der Waals surface area contributed by atoms with Gasteiger partial charge in [0.15, 0.2) is 11.5 Å². The highest BCUT2D eigenvalue weighted by Gasteiger charge is 2.15. The fourth-order valence-electron chi connectivity index (χ4n) is 3.15. The molecule has 0 aliphatic rings. The van der Waals surface area contributed by atoms with Crippen molar-refractivity contribution in [2.45, 2.75) is 20.5 Å². The Hall–Kier alpha value is -3.51. The van der Waals surface area contributed by atoms with Crippen molar-refractivity contribution in [1.82, 2.24) is 0 Å². The number of carbonyl (C=O) groups is 1. The molecule has 0 saturated carbocycles. The number of carbonyl (C=O) groups excluding carboxylic acids is 1. The molecule has 3 aromatic rings. The maximum Gasteiger partial charge on any atom is 0.266 e. The van der Waals surface area contributed by atoms with Crippen LogP contribution in [0.15, 0.2) is 72.3 Å². The van der Waals surface area contributed by atoms with E-state index in [0.29, 0.717) is 48.3 Å². The van der Waals surface area contributed by atoms with Crippen molar-refractivity contribution in [1.29, 1.82) is 5.26 Å². The van der Waals surface area contributed by atoms with E-state index in [9.17, 15) is 10.1 Å². The van der Waals surface area contributed by atoms with E-state index in [1.54, 1.807) is 30.3 Å². The van der Waals surface area contributed by atoms with Crippen LogP contribution in [0.25, 0.3) is 6.08 Å². The standard InChI is InChI=1S/C27H25IN2O4/c1-3-32-23-12-8-11-22(16-23)30-27(31)21(17-29)13-20-14-24(28)26(25(15-20)33-4-2)34-18-19-9-6-5-7-10-19/h5-16H,3-4,18H2,1-2H3,(H,30,31)/b21-13+. The quantitative estimate of drug-likeness (QED) is 0.179. The van der Waals surface area contributed by atoms with Gasteiger partial charge in [-0.25, -0.2) is 0 Å². The number of nitrogens with one attached hydrogen (secondary N) is 1. The SMILES string of the molecule is CCOc1cccc(NC(=O)/C(C#N)=C/c2cc(I)c(OCc3ccccc3)c(OCC)c2)c1. The molecule has 0 unspecified atom stereocenters. The van der Waals surface area contributed by atoms with E-state index < -0.39 is 5.91 Å². The van der Waals surface area contributed by atoms with Crippen LogP contribution in [0.2, 0.25) is 0 Å². The molecule has 3 aromatic carbocycles. The Balaban J connectivity index is 1.82. The lowest BCUT2D eigenvalue weighted by Crippen LogP contribution is -2.13. The Bertz CT molecular complexity index is 1200. The normalized spacial score (nSPS) is 10.8. The molecule has 3 rings (SSSR count). The highest BCUT2D eigenvalue weighted by molar-refractivity contribution is 14.1. The molecule has 0 aliphatic heterocycles. The second-order valence-electron chi connectivity index (χ2n) is 7.12. The third-order valence-corrected chi connectivity index (χ3v) is 5.44. The smallest absolute Gasteiger partial charge is 0.266 e. The van der Waals surface area contributed by atoms with Gasteiger partial charge in [-0.2, -0.15) is 5.26 Å². The summed E-state index contributed by atoms with van der Waals surface area (Å²) in [7, 11) is 0. The molecule has 0 fully saturated rings. The summed E-state index contributed by atoms with van der Waals surface area (Å²) in [5.41, 5.74) is 2.22. The number of hydrogen-bond acceptors (Lipinski definition) is 5. The summed E-state index contributed by atoms with van der Waals surface area (Å²) in [6.07, 6.45) is 1.54. The van der Waals surface area contributed by atoms with Gasteiger partial charge in [0.1, 0.15) is 24.0 Å². The van der Waals surface area contributed by atoms with E-state index in [1.165, 1.54) is 6.08 Å². The number of nitriles is 1. The van der Waals surface area contributed by atoms with E-state index in [4.69, 9.17) is 14.2 Å². The fraction of sp³-hybridized carbons (Fsp3) is 0.185. The number of anilines is 1. The molecule has 0 aliphatic carbocycles. The van der Waals surface area contributed by atoms with E-state index >= 15 is 0 Å². The number of amides is 1.